The summed E-state index contributed by atoms with van der Waals surface area (Å²) >= 11 is 18.7. The van der Waals surface area contributed by atoms with Gasteiger partial charge in [0.25, 0.3) is 17.7 Å². The second kappa shape index (κ2) is 13.3. The normalized spacial score (nSPS) is 13.3. The number of hydrogen-bond acceptors (Lipinski definition) is 5. The van der Waals surface area contributed by atoms with E-state index >= 15 is 0 Å². The van der Waals surface area contributed by atoms with E-state index < -0.39 is 17.7 Å². The number of nitrogens with zero attached hydrogens (tertiary/aromatic N) is 3. The van der Waals surface area contributed by atoms with E-state index in [2.05, 4.69) is 63.2 Å². The van der Waals surface area contributed by atoms with E-state index in [0.29, 0.717) is 11.4 Å². The summed E-state index contributed by atoms with van der Waals surface area (Å²) in [6, 6.07) is 15.3. The van der Waals surface area contributed by atoms with E-state index in [4.69, 9.17) is 39.6 Å². The van der Waals surface area contributed by atoms with Crippen LogP contribution in [0.5, 0.6) is 5.75 Å². The number of hydrogen-bond donors (Lipinski definition) is 1. The van der Waals surface area contributed by atoms with Crippen LogP contribution >= 0.6 is 34.8 Å². The number of rotatable bonds is 10. The lowest BCUT2D eigenvalue weighted by molar-refractivity contribution is -0.120. The Kier molecular flexibility index (Phi) is 10.1. The van der Waals surface area contributed by atoms with Gasteiger partial charge >= 0.3 is 0 Å². The third-order valence-corrected chi connectivity index (χ3v) is 9.07. The topological polar surface area (TPSA) is 100 Å². The fourth-order valence-electron chi connectivity index (χ4n) is 4.69. The van der Waals surface area contributed by atoms with Crippen LogP contribution in [0.1, 0.15) is 88.4 Å². The first-order valence-electron chi connectivity index (χ1n) is 14.5. The summed E-state index contributed by atoms with van der Waals surface area (Å²) in [4.78, 5) is 45.3. The first-order chi connectivity index (χ1) is 21.1. The molecule has 1 aliphatic heterocycles. The first-order valence-corrected chi connectivity index (χ1v) is 15.6. The Bertz CT molecular complexity index is 1720. The van der Waals surface area contributed by atoms with Crippen molar-refractivity contribution >= 4 is 63.8 Å². The van der Waals surface area contributed by atoms with Crippen molar-refractivity contribution in [3.05, 3.63) is 97.7 Å². The molecule has 0 atom stereocenters. The maximum Gasteiger partial charge on any atom is 0.300 e. The molecule has 0 fully saturated rings. The monoisotopic (exact) mass is 668 g/mol. The molecular weight excluding hydrogens is 635 g/mol. The van der Waals surface area contributed by atoms with Gasteiger partial charge in [0, 0.05) is 28.6 Å². The molecular formula is C34H35Cl3N4O4. The summed E-state index contributed by atoms with van der Waals surface area (Å²) < 4.78 is 0. The molecule has 1 N–H and O–H groups in total. The molecule has 3 aromatic carbocycles. The number of benzene rings is 3. The molecule has 0 aromatic heterocycles. The third kappa shape index (κ3) is 7.24. The summed E-state index contributed by atoms with van der Waals surface area (Å²) in [7, 11) is 0. The molecule has 0 saturated heterocycles. The van der Waals surface area contributed by atoms with Crippen molar-refractivity contribution in [2.24, 2.45) is 10.2 Å². The van der Waals surface area contributed by atoms with E-state index in [1.54, 1.807) is 18.2 Å². The van der Waals surface area contributed by atoms with Crippen LogP contribution < -0.4 is 15.2 Å². The number of nitrogens with one attached hydrogen (secondary N) is 1. The van der Waals surface area contributed by atoms with Crippen molar-refractivity contribution in [1.29, 1.82) is 0 Å². The van der Waals surface area contributed by atoms with Gasteiger partial charge in [-0.3, -0.25) is 14.4 Å². The molecule has 0 saturated carbocycles. The summed E-state index contributed by atoms with van der Waals surface area (Å²) in [5, 5.41) is 11.7. The summed E-state index contributed by atoms with van der Waals surface area (Å²) in [6.07, 6.45) is 1.81. The smallest absolute Gasteiger partial charge is 0.300 e. The van der Waals surface area contributed by atoms with Crippen molar-refractivity contribution in [3.8, 4) is 5.75 Å². The van der Waals surface area contributed by atoms with Gasteiger partial charge in [0.15, 0.2) is 11.6 Å². The summed E-state index contributed by atoms with van der Waals surface area (Å²) in [6.45, 7) is 14.3. The molecule has 1 aliphatic rings. The van der Waals surface area contributed by atoms with Crippen LogP contribution in [0.2, 0.25) is 15.1 Å². The standard InChI is InChI=1S/C34H35Cl3N4O4/c1-8-33(4,5)21-13-14-27(24(16-21)34(6,7)9-2)45-41(19(3)42)23-12-10-11-20(15-23)31(43)38-30-29(32(44)40-39-30)28-25(36)17-22(35)18-26(28)37/h10-18H,8-9H2,1-7H3,(H,38,43). The second-order valence-electron chi connectivity index (χ2n) is 12.1. The minimum Gasteiger partial charge on any atom is -0.372 e. The molecule has 0 bridgehead atoms. The Morgan fingerprint density at radius 1 is 0.889 bits per heavy atom. The van der Waals surface area contributed by atoms with Gasteiger partial charge in [-0.25, -0.2) is 0 Å². The van der Waals surface area contributed by atoms with Gasteiger partial charge in [-0.1, -0.05) is 94.5 Å². The van der Waals surface area contributed by atoms with E-state index in [0.717, 1.165) is 23.5 Å². The molecule has 236 valence electrons. The fraction of sp³-hybridized carbons (Fsp3) is 0.324. The zero-order valence-electron chi connectivity index (χ0n) is 26.2. The number of carbonyl (C=O) groups is 3. The van der Waals surface area contributed by atoms with Gasteiger partial charge < -0.3 is 10.2 Å². The zero-order chi connectivity index (χ0) is 33.3. The number of carbonyl (C=O) groups excluding carboxylic acids is 3. The Morgan fingerprint density at radius 3 is 2.13 bits per heavy atom. The molecule has 0 unspecified atom stereocenters. The number of hydroxylamine groups is 1. The predicted molar refractivity (Wildman–Crippen MR) is 179 cm³/mol. The first kappa shape index (κ1) is 34.2. The lowest BCUT2D eigenvalue weighted by atomic mass is 9.76. The molecule has 3 aromatic rings. The molecule has 0 aliphatic carbocycles. The minimum atomic E-state index is -0.722. The van der Waals surface area contributed by atoms with E-state index in [1.807, 2.05) is 12.1 Å². The lowest BCUT2D eigenvalue weighted by Crippen LogP contribution is -2.34. The van der Waals surface area contributed by atoms with E-state index in [9.17, 15) is 14.4 Å². The van der Waals surface area contributed by atoms with Gasteiger partial charge in [0.1, 0.15) is 0 Å². The van der Waals surface area contributed by atoms with Crippen molar-refractivity contribution in [2.75, 3.05) is 5.06 Å². The maximum atomic E-state index is 13.4. The number of amides is 3. The highest BCUT2D eigenvalue weighted by atomic mass is 35.5. The Hall–Kier alpha value is -3.72. The predicted octanol–water partition coefficient (Wildman–Crippen LogP) is 9.46. The largest absolute Gasteiger partial charge is 0.372 e. The average Bonchev–Trinajstić information content (AvgIpc) is 3.34. The Morgan fingerprint density at radius 2 is 1.53 bits per heavy atom. The van der Waals surface area contributed by atoms with Gasteiger partial charge in [0.05, 0.1) is 21.3 Å². The highest BCUT2D eigenvalue weighted by molar-refractivity contribution is 6.43. The molecule has 1 heterocycles. The van der Waals surface area contributed by atoms with Crippen molar-refractivity contribution in [1.82, 2.24) is 5.32 Å². The molecule has 11 heteroatoms. The van der Waals surface area contributed by atoms with Crippen LogP contribution in [0.4, 0.5) is 5.69 Å². The van der Waals surface area contributed by atoms with Gasteiger partial charge in [-0.15, -0.1) is 15.3 Å². The van der Waals surface area contributed by atoms with Crippen LogP contribution in [-0.2, 0) is 20.4 Å². The minimum absolute atomic E-state index is 0.0396. The average molecular weight is 670 g/mol. The highest BCUT2D eigenvalue weighted by Gasteiger charge is 2.31. The highest BCUT2D eigenvalue weighted by Crippen LogP contribution is 2.40. The third-order valence-electron chi connectivity index (χ3n) is 8.26. The molecule has 3 amide bonds. The Balaban J connectivity index is 1.69. The lowest BCUT2D eigenvalue weighted by Gasteiger charge is -2.32. The summed E-state index contributed by atoms with van der Waals surface area (Å²) in [5.74, 6) is -1.30. The number of halogens is 3. The molecule has 0 radical (unpaired) electrons. The van der Waals surface area contributed by atoms with Crippen LogP contribution in [-0.4, -0.2) is 17.7 Å². The molecule has 8 nitrogen and oxygen atoms in total. The van der Waals surface area contributed by atoms with Gasteiger partial charge in [-0.2, -0.15) is 0 Å². The maximum absolute atomic E-state index is 13.4. The molecule has 0 spiro atoms. The van der Waals surface area contributed by atoms with Gasteiger partial charge in [0.2, 0.25) is 0 Å². The molecule has 4 rings (SSSR count). The summed E-state index contributed by atoms with van der Waals surface area (Å²) in [5.41, 5.74) is 2.45. The molecule has 45 heavy (non-hydrogen) atoms. The van der Waals surface area contributed by atoms with Crippen molar-refractivity contribution in [2.45, 2.75) is 72.1 Å². The number of azo groups is 1. The zero-order valence-corrected chi connectivity index (χ0v) is 28.5. The van der Waals surface area contributed by atoms with Crippen LogP contribution in [0.15, 0.2) is 70.6 Å². The van der Waals surface area contributed by atoms with Crippen molar-refractivity contribution in [3.63, 3.8) is 0 Å². The van der Waals surface area contributed by atoms with Gasteiger partial charge in [-0.05, 0) is 65.6 Å². The van der Waals surface area contributed by atoms with Crippen LogP contribution in [0.3, 0.4) is 0 Å². The van der Waals surface area contributed by atoms with Crippen molar-refractivity contribution < 1.29 is 19.2 Å². The Labute approximate surface area is 278 Å². The second-order valence-corrected chi connectivity index (χ2v) is 13.3. The van der Waals surface area contributed by atoms with Crippen LogP contribution in [0.25, 0.3) is 5.57 Å². The van der Waals surface area contributed by atoms with E-state index in [-0.39, 0.29) is 48.4 Å². The van der Waals surface area contributed by atoms with Crippen LogP contribution in [0, 0.1) is 0 Å². The SMILES string of the molecule is CCC(C)(C)c1ccc(ON(C(C)=O)c2cccc(C(=O)NC3=C(c4c(Cl)cc(Cl)cc4Cl)C(=O)N=N3)c2)c(C(C)(C)CC)c1. The fourth-order valence-corrected chi connectivity index (χ4v) is 5.70. The number of anilines is 1. The quantitative estimate of drug-likeness (QED) is 0.217. The van der Waals surface area contributed by atoms with E-state index in [1.165, 1.54) is 30.7 Å².